The second kappa shape index (κ2) is 9.08. The van der Waals surface area contributed by atoms with Crippen molar-refractivity contribution in [3.05, 3.63) is 53.6 Å². The molecule has 14 heteroatoms. The topological polar surface area (TPSA) is 121 Å². The first kappa shape index (κ1) is 25.4. The fourth-order valence-electron chi connectivity index (χ4n) is 4.29. The van der Waals surface area contributed by atoms with E-state index >= 15 is 0 Å². The number of aliphatic carboxylic acids is 1. The maximum Gasteiger partial charge on any atom is 0.573 e. The lowest BCUT2D eigenvalue weighted by Gasteiger charge is -2.33. The lowest BCUT2D eigenvalue weighted by Crippen LogP contribution is -2.50. The van der Waals surface area contributed by atoms with Gasteiger partial charge in [-0.3, -0.25) is 4.79 Å². The van der Waals surface area contributed by atoms with Crippen LogP contribution in [0.1, 0.15) is 11.1 Å². The zero-order valence-corrected chi connectivity index (χ0v) is 19.7. The lowest BCUT2D eigenvalue weighted by atomic mass is 10.1. The van der Waals surface area contributed by atoms with Crippen LogP contribution in [0.5, 0.6) is 5.75 Å². The van der Waals surface area contributed by atoms with E-state index < -0.39 is 44.0 Å². The number of carboxylic acids is 1. The zero-order chi connectivity index (χ0) is 25.6. The molecule has 1 aliphatic heterocycles. The van der Waals surface area contributed by atoms with Gasteiger partial charge < -0.3 is 9.84 Å². The molecule has 1 fully saturated rings. The number of alkyl halides is 3. The van der Waals surface area contributed by atoms with Crippen molar-refractivity contribution in [1.29, 1.82) is 0 Å². The summed E-state index contributed by atoms with van der Waals surface area (Å²) in [6, 6.07) is 8.45. The van der Waals surface area contributed by atoms with Gasteiger partial charge in [-0.05, 0) is 54.3 Å². The van der Waals surface area contributed by atoms with Crippen LogP contribution in [0.25, 0.3) is 0 Å². The van der Waals surface area contributed by atoms with E-state index in [1.54, 1.807) is 12.1 Å². The maximum absolute atomic E-state index is 13.3. The Bertz CT molecular complexity index is 1340. The Morgan fingerprint density at radius 3 is 2.00 bits per heavy atom. The van der Waals surface area contributed by atoms with Crippen LogP contribution in [-0.2, 0) is 37.7 Å². The number of hydrogen-bond donors (Lipinski definition) is 1. The van der Waals surface area contributed by atoms with Gasteiger partial charge in [-0.25, -0.2) is 16.8 Å². The summed E-state index contributed by atoms with van der Waals surface area (Å²) in [6.45, 7) is -0.587. The number of fused-ring (bicyclic) bond motifs is 1. The largest absolute Gasteiger partial charge is 0.573 e. The van der Waals surface area contributed by atoms with Gasteiger partial charge in [-0.2, -0.15) is 8.61 Å². The summed E-state index contributed by atoms with van der Waals surface area (Å²) < 4.78 is 95.3. The van der Waals surface area contributed by atoms with Gasteiger partial charge in [0.1, 0.15) is 5.75 Å². The number of halogens is 3. The Balaban J connectivity index is 1.47. The molecule has 1 heterocycles. The summed E-state index contributed by atoms with van der Waals surface area (Å²) in [5, 5.41) is 9.31. The van der Waals surface area contributed by atoms with Crippen LogP contribution in [0.4, 0.5) is 13.2 Å². The molecule has 35 heavy (non-hydrogen) atoms. The number of ether oxygens (including phenoxy) is 1. The molecule has 0 spiro atoms. The summed E-state index contributed by atoms with van der Waals surface area (Å²) in [5.74, 6) is -2.26. The van der Waals surface area contributed by atoms with Crippen LogP contribution in [-0.4, -0.2) is 69.1 Å². The lowest BCUT2D eigenvalue weighted by molar-refractivity contribution is -0.274. The molecule has 1 unspecified atom stereocenters. The molecule has 0 bridgehead atoms. The van der Waals surface area contributed by atoms with E-state index in [1.165, 1.54) is 6.07 Å². The van der Waals surface area contributed by atoms with Gasteiger partial charge in [0.25, 0.3) is 0 Å². The number of sulfonamides is 2. The SMILES string of the molecule is O=C(O)C1Cc2cccc(S(=O)(=O)N3CCN(S(=O)(=O)c4ccc(OC(F)(F)F)cc4)CC3)c2C1. The predicted molar refractivity (Wildman–Crippen MR) is 116 cm³/mol. The molecule has 2 aromatic carbocycles. The van der Waals surface area contributed by atoms with Gasteiger partial charge in [-0.1, -0.05) is 12.1 Å². The molecule has 1 saturated heterocycles. The molecule has 1 N–H and O–H groups in total. The van der Waals surface area contributed by atoms with Gasteiger partial charge in [0.2, 0.25) is 20.0 Å². The quantitative estimate of drug-likeness (QED) is 0.602. The first-order valence-electron chi connectivity index (χ1n) is 10.5. The first-order valence-corrected chi connectivity index (χ1v) is 13.4. The molecule has 1 aliphatic carbocycles. The third-order valence-electron chi connectivity index (χ3n) is 6.01. The van der Waals surface area contributed by atoms with Crippen molar-refractivity contribution in [2.45, 2.75) is 29.0 Å². The third-order valence-corrected chi connectivity index (χ3v) is 9.90. The van der Waals surface area contributed by atoms with Crippen molar-refractivity contribution in [3.8, 4) is 5.75 Å². The number of benzene rings is 2. The predicted octanol–water partition coefficient (Wildman–Crippen LogP) is 2.08. The zero-order valence-electron chi connectivity index (χ0n) is 18.1. The second-order valence-corrected chi connectivity index (χ2v) is 12.0. The van der Waals surface area contributed by atoms with Gasteiger partial charge in [0, 0.05) is 26.2 Å². The Kier molecular flexibility index (Phi) is 6.59. The molecule has 0 radical (unpaired) electrons. The molecule has 190 valence electrons. The summed E-state index contributed by atoms with van der Waals surface area (Å²) in [4.78, 5) is 11.2. The van der Waals surface area contributed by atoms with E-state index in [9.17, 15) is 39.9 Å². The Labute approximate surface area is 199 Å². The van der Waals surface area contributed by atoms with E-state index in [-0.39, 0.29) is 48.8 Å². The van der Waals surface area contributed by atoms with Crippen LogP contribution >= 0.6 is 0 Å². The maximum atomic E-state index is 13.3. The molecule has 1 atom stereocenters. The fraction of sp³-hybridized carbons (Fsp3) is 0.381. The van der Waals surface area contributed by atoms with Crippen LogP contribution in [0, 0.1) is 5.92 Å². The van der Waals surface area contributed by atoms with Crippen molar-refractivity contribution in [1.82, 2.24) is 8.61 Å². The van der Waals surface area contributed by atoms with Gasteiger partial charge >= 0.3 is 12.3 Å². The highest BCUT2D eigenvalue weighted by Gasteiger charge is 2.38. The molecule has 0 saturated carbocycles. The Hall–Kier alpha value is -2.68. The highest BCUT2D eigenvalue weighted by Crippen LogP contribution is 2.34. The molecular weight excluding hydrogens is 513 g/mol. The summed E-state index contributed by atoms with van der Waals surface area (Å²) >= 11 is 0. The summed E-state index contributed by atoms with van der Waals surface area (Å²) in [6.07, 6.45) is -4.56. The minimum absolute atomic E-state index is 0.0234. The average Bonchev–Trinajstić information content (AvgIpc) is 3.23. The van der Waals surface area contributed by atoms with E-state index in [2.05, 4.69) is 4.74 Å². The monoisotopic (exact) mass is 534 g/mol. The average molecular weight is 535 g/mol. The van der Waals surface area contributed by atoms with Crippen LogP contribution in [0.3, 0.4) is 0 Å². The number of carbonyl (C=O) groups is 1. The molecule has 2 aliphatic rings. The number of piperazine rings is 1. The van der Waals surface area contributed by atoms with Crippen molar-refractivity contribution in [2.24, 2.45) is 5.92 Å². The molecule has 4 rings (SSSR count). The minimum atomic E-state index is -4.91. The van der Waals surface area contributed by atoms with Gasteiger partial charge in [0.05, 0.1) is 15.7 Å². The van der Waals surface area contributed by atoms with Crippen LogP contribution in [0.15, 0.2) is 52.3 Å². The van der Waals surface area contributed by atoms with Gasteiger partial charge in [0.15, 0.2) is 0 Å². The minimum Gasteiger partial charge on any atom is -0.481 e. The fourth-order valence-corrected chi connectivity index (χ4v) is 7.41. The Morgan fingerprint density at radius 2 is 1.46 bits per heavy atom. The summed E-state index contributed by atoms with van der Waals surface area (Å²) in [7, 11) is -8.07. The molecule has 0 aromatic heterocycles. The molecule has 9 nitrogen and oxygen atoms in total. The van der Waals surface area contributed by atoms with E-state index in [4.69, 9.17) is 0 Å². The van der Waals surface area contributed by atoms with E-state index in [0.29, 0.717) is 11.1 Å². The third kappa shape index (κ3) is 5.15. The molecule has 0 amide bonds. The van der Waals surface area contributed by atoms with Crippen LogP contribution < -0.4 is 4.74 Å². The van der Waals surface area contributed by atoms with E-state index in [1.807, 2.05) is 0 Å². The highest BCUT2D eigenvalue weighted by atomic mass is 32.2. The smallest absolute Gasteiger partial charge is 0.481 e. The number of nitrogens with zero attached hydrogens (tertiary/aromatic N) is 2. The summed E-state index contributed by atoms with van der Waals surface area (Å²) in [5.41, 5.74) is 1.13. The normalized spacial score (nSPS) is 19.9. The van der Waals surface area contributed by atoms with Crippen LogP contribution in [0.2, 0.25) is 0 Å². The standard InChI is InChI=1S/C21H21F3N2O7S2/c22-21(23,24)33-16-4-6-17(7-5-16)34(29,30)25-8-10-26(11-9-25)35(31,32)19-3-1-2-14-12-15(20(27)28)13-18(14)19/h1-7,15H,8-13H2,(H,27,28). The van der Waals surface area contributed by atoms with Crippen molar-refractivity contribution in [2.75, 3.05) is 26.2 Å². The van der Waals surface area contributed by atoms with Crippen molar-refractivity contribution >= 4 is 26.0 Å². The second-order valence-electron chi connectivity index (χ2n) is 8.16. The van der Waals surface area contributed by atoms with Crippen molar-refractivity contribution < 1.29 is 44.6 Å². The van der Waals surface area contributed by atoms with Crippen molar-refractivity contribution in [3.63, 3.8) is 0 Å². The number of carboxylic acid groups (broad SMARTS) is 1. The number of hydrogen-bond acceptors (Lipinski definition) is 6. The first-order chi connectivity index (χ1) is 16.3. The molecule has 2 aromatic rings. The molecular formula is C21H21F3N2O7S2. The van der Waals surface area contributed by atoms with E-state index in [0.717, 1.165) is 32.9 Å². The highest BCUT2D eigenvalue weighted by molar-refractivity contribution is 7.89. The number of rotatable bonds is 6. The van der Waals surface area contributed by atoms with Gasteiger partial charge in [-0.15, -0.1) is 13.2 Å². The Morgan fingerprint density at radius 1 is 0.886 bits per heavy atom.